The van der Waals surface area contributed by atoms with Crippen molar-refractivity contribution in [2.24, 2.45) is 5.73 Å². The van der Waals surface area contributed by atoms with Gasteiger partial charge in [0.1, 0.15) is 5.75 Å². The number of pyridine rings is 1. The van der Waals surface area contributed by atoms with Crippen molar-refractivity contribution in [3.63, 3.8) is 0 Å². The second-order valence-electron chi connectivity index (χ2n) is 5.96. The molecule has 0 saturated carbocycles. The van der Waals surface area contributed by atoms with Gasteiger partial charge >= 0.3 is 6.18 Å². The van der Waals surface area contributed by atoms with E-state index in [4.69, 9.17) is 10.5 Å². The summed E-state index contributed by atoms with van der Waals surface area (Å²) in [5.41, 5.74) is 6.69. The number of fused-ring (bicyclic) bond motifs is 1. The number of aromatic nitrogens is 1. The third-order valence-corrected chi connectivity index (χ3v) is 3.91. The van der Waals surface area contributed by atoms with Crippen LogP contribution in [0.5, 0.6) is 5.75 Å². The Bertz CT molecular complexity index is 980. The Hall–Kier alpha value is -2.80. The molecule has 1 atom stereocenters. The van der Waals surface area contributed by atoms with Gasteiger partial charge in [-0.2, -0.15) is 13.2 Å². The van der Waals surface area contributed by atoms with Gasteiger partial charge in [-0.15, -0.1) is 0 Å². The lowest BCUT2D eigenvalue weighted by Gasteiger charge is -2.18. The average molecular weight is 362 g/mol. The Morgan fingerprint density at radius 1 is 1.12 bits per heavy atom. The fourth-order valence-electron chi connectivity index (χ4n) is 2.81. The minimum Gasteiger partial charge on any atom is -0.483 e. The Balaban J connectivity index is 2.27. The zero-order chi connectivity index (χ0) is 18.9. The molecule has 3 rings (SSSR count). The van der Waals surface area contributed by atoms with Crippen LogP contribution in [-0.2, 0) is 0 Å². The summed E-state index contributed by atoms with van der Waals surface area (Å²) in [4.78, 5) is 13.1. The molecule has 1 heterocycles. The number of nitrogens with two attached hydrogens (primary N) is 1. The van der Waals surface area contributed by atoms with E-state index in [1.54, 1.807) is 55.5 Å². The van der Waals surface area contributed by atoms with Crippen molar-refractivity contribution in [1.29, 1.82) is 0 Å². The van der Waals surface area contributed by atoms with Crippen molar-refractivity contribution in [2.75, 3.05) is 6.61 Å². The molecule has 7 heteroatoms. The summed E-state index contributed by atoms with van der Waals surface area (Å²) in [6.45, 7) is 0.274. The quantitative estimate of drug-likeness (QED) is 0.765. The van der Waals surface area contributed by atoms with Gasteiger partial charge in [-0.05, 0) is 36.6 Å². The number of alkyl halides is 3. The van der Waals surface area contributed by atoms with Gasteiger partial charge < -0.3 is 10.5 Å². The van der Waals surface area contributed by atoms with E-state index in [0.717, 1.165) is 0 Å². The number of ether oxygens (including phenoxy) is 1. The van der Waals surface area contributed by atoms with Crippen LogP contribution in [0.15, 0.2) is 59.4 Å². The first-order valence-electron chi connectivity index (χ1n) is 7.97. The highest BCUT2D eigenvalue weighted by atomic mass is 19.4. The summed E-state index contributed by atoms with van der Waals surface area (Å²) in [6, 6.07) is 14.6. The largest absolute Gasteiger partial charge is 0.483 e. The van der Waals surface area contributed by atoms with E-state index in [-0.39, 0.29) is 11.1 Å². The van der Waals surface area contributed by atoms with E-state index in [1.165, 1.54) is 10.6 Å². The highest BCUT2D eigenvalue weighted by molar-refractivity contribution is 5.88. The molecule has 0 radical (unpaired) electrons. The molecule has 2 N–H and O–H groups in total. The fourth-order valence-corrected chi connectivity index (χ4v) is 2.81. The molecule has 0 bridgehead atoms. The van der Waals surface area contributed by atoms with Crippen LogP contribution >= 0.6 is 0 Å². The van der Waals surface area contributed by atoms with Crippen molar-refractivity contribution in [1.82, 2.24) is 4.57 Å². The number of para-hydroxylation sites is 1. The van der Waals surface area contributed by atoms with E-state index >= 15 is 0 Å². The zero-order valence-corrected chi connectivity index (χ0v) is 14.0. The second-order valence-corrected chi connectivity index (χ2v) is 5.96. The molecule has 0 spiro atoms. The van der Waals surface area contributed by atoms with Crippen LogP contribution in [-0.4, -0.2) is 17.4 Å². The maximum atomic E-state index is 13.1. The smallest absolute Gasteiger partial charge is 0.422 e. The predicted octanol–water partition coefficient (Wildman–Crippen LogP) is 3.95. The number of rotatable bonds is 4. The van der Waals surface area contributed by atoms with Crippen LogP contribution in [0.2, 0.25) is 0 Å². The highest BCUT2D eigenvalue weighted by Gasteiger charge is 2.29. The molecule has 4 nitrogen and oxygen atoms in total. The summed E-state index contributed by atoms with van der Waals surface area (Å²) >= 11 is 0. The number of hydrogen-bond acceptors (Lipinski definition) is 3. The molecule has 0 fully saturated rings. The second kappa shape index (κ2) is 6.84. The summed E-state index contributed by atoms with van der Waals surface area (Å²) < 4.78 is 43.9. The third kappa shape index (κ3) is 3.57. The van der Waals surface area contributed by atoms with Crippen LogP contribution in [0.25, 0.3) is 16.5 Å². The van der Waals surface area contributed by atoms with Crippen LogP contribution < -0.4 is 16.0 Å². The monoisotopic (exact) mass is 362 g/mol. The SMILES string of the molecule is C[C@H](N)c1cc2cccc(OCC(F)(F)F)c2c(=O)n1-c1ccccc1. The molecule has 26 heavy (non-hydrogen) atoms. The van der Waals surface area contributed by atoms with Gasteiger partial charge in [0.05, 0.1) is 5.39 Å². The van der Waals surface area contributed by atoms with Crippen molar-refractivity contribution in [3.05, 3.63) is 70.6 Å². The third-order valence-electron chi connectivity index (χ3n) is 3.91. The Labute approximate surface area is 147 Å². The molecule has 3 aromatic rings. The topological polar surface area (TPSA) is 57.2 Å². The lowest BCUT2D eigenvalue weighted by molar-refractivity contribution is -0.153. The Morgan fingerprint density at radius 3 is 2.42 bits per heavy atom. The molecular formula is C19H17F3N2O2. The van der Waals surface area contributed by atoms with E-state index in [0.29, 0.717) is 16.8 Å². The average Bonchev–Trinajstić information content (AvgIpc) is 2.59. The molecule has 2 aromatic carbocycles. The van der Waals surface area contributed by atoms with Gasteiger partial charge in [0.15, 0.2) is 6.61 Å². The van der Waals surface area contributed by atoms with E-state index in [1.807, 2.05) is 0 Å². The van der Waals surface area contributed by atoms with Gasteiger partial charge in [0.25, 0.3) is 5.56 Å². The molecule has 0 aliphatic carbocycles. The molecule has 0 amide bonds. The highest BCUT2D eigenvalue weighted by Crippen LogP contribution is 2.27. The molecule has 0 saturated heterocycles. The summed E-state index contributed by atoms with van der Waals surface area (Å²) in [5, 5.41) is 0.569. The first-order valence-corrected chi connectivity index (χ1v) is 7.97. The zero-order valence-electron chi connectivity index (χ0n) is 14.0. The van der Waals surface area contributed by atoms with Crippen molar-refractivity contribution in [2.45, 2.75) is 19.1 Å². The van der Waals surface area contributed by atoms with Gasteiger partial charge in [-0.25, -0.2) is 0 Å². The summed E-state index contributed by atoms with van der Waals surface area (Å²) in [7, 11) is 0. The van der Waals surface area contributed by atoms with E-state index in [9.17, 15) is 18.0 Å². The first-order chi connectivity index (χ1) is 12.3. The maximum Gasteiger partial charge on any atom is 0.422 e. The van der Waals surface area contributed by atoms with E-state index < -0.39 is 24.4 Å². The lowest BCUT2D eigenvalue weighted by atomic mass is 10.1. The first kappa shape index (κ1) is 18.0. The number of hydrogen-bond donors (Lipinski definition) is 1. The molecular weight excluding hydrogens is 345 g/mol. The van der Waals surface area contributed by atoms with Gasteiger partial charge in [0, 0.05) is 17.4 Å². The molecule has 0 aliphatic heterocycles. The van der Waals surface area contributed by atoms with Crippen LogP contribution in [0.4, 0.5) is 13.2 Å². The number of benzene rings is 2. The van der Waals surface area contributed by atoms with Crippen molar-refractivity contribution < 1.29 is 17.9 Å². The van der Waals surface area contributed by atoms with Crippen LogP contribution in [0.3, 0.4) is 0 Å². The van der Waals surface area contributed by atoms with Crippen molar-refractivity contribution in [3.8, 4) is 11.4 Å². The Kier molecular flexibility index (Phi) is 4.73. The Morgan fingerprint density at radius 2 is 1.81 bits per heavy atom. The fraction of sp³-hybridized carbons (Fsp3) is 0.211. The lowest BCUT2D eigenvalue weighted by Crippen LogP contribution is -2.26. The van der Waals surface area contributed by atoms with Gasteiger partial charge in [-0.1, -0.05) is 30.3 Å². The molecule has 1 aromatic heterocycles. The van der Waals surface area contributed by atoms with Gasteiger partial charge in [0.2, 0.25) is 0 Å². The molecule has 0 aliphatic rings. The maximum absolute atomic E-state index is 13.1. The minimum absolute atomic E-state index is 0.0880. The minimum atomic E-state index is -4.49. The standard InChI is InChI=1S/C19H17F3N2O2/c1-12(23)15-10-13-6-5-9-16(26-11-19(20,21)22)17(13)18(25)24(15)14-7-3-2-4-8-14/h2-10,12H,11,23H2,1H3/t12-/m0/s1. The molecule has 0 unspecified atom stereocenters. The van der Waals surface area contributed by atoms with Crippen molar-refractivity contribution >= 4 is 10.8 Å². The normalized spacial score (nSPS) is 13.0. The van der Waals surface area contributed by atoms with Crippen LogP contribution in [0, 0.1) is 0 Å². The predicted molar refractivity (Wildman–Crippen MR) is 93.7 cm³/mol. The summed E-state index contributed by atoms with van der Waals surface area (Å²) in [6.07, 6.45) is -4.49. The summed E-state index contributed by atoms with van der Waals surface area (Å²) in [5.74, 6) is -0.106. The molecule has 136 valence electrons. The van der Waals surface area contributed by atoms with E-state index in [2.05, 4.69) is 0 Å². The number of nitrogens with zero attached hydrogens (tertiary/aromatic N) is 1. The van der Waals surface area contributed by atoms with Gasteiger partial charge in [-0.3, -0.25) is 9.36 Å². The van der Waals surface area contributed by atoms with Crippen LogP contribution in [0.1, 0.15) is 18.7 Å². The number of halogens is 3.